The Kier molecular flexibility index (Phi) is 42.3. The number of esters is 1. The summed E-state index contributed by atoms with van der Waals surface area (Å²) in [5.41, 5.74) is 25.9. The largest absolute Gasteiger partial charge is 1.00 e. The molecule has 2 aliphatic heterocycles. The topological polar surface area (TPSA) is 141 Å². The van der Waals surface area contributed by atoms with E-state index in [1.165, 1.54) is 251 Å². The fourth-order valence-electron chi connectivity index (χ4n) is 19.1. The van der Waals surface area contributed by atoms with Crippen molar-refractivity contribution in [3.05, 3.63) is 141 Å². The fourth-order valence-corrected chi connectivity index (χ4v) is 19.1. The first-order valence-electron chi connectivity index (χ1n) is 40.8. The summed E-state index contributed by atoms with van der Waals surface area (Å²) in [5.74, 6) is 10.5. The molecule has 10 aliphatic rings. The molecule has 0 atom stereocenters. The van der Waals surface area contributed by atoms with E-state index >= 15 is 0 Å². The van der Waals surface area contributed by atoms with Gasteiger partial charge in [-0.1, -0.05) is 154 Å². The summed E-state index contributed by atoms with van der Waals surface area (Å²) in [7, 11) is 2.49. The molecule has 4 aromatic rings. The lowest BCUT2D eigenvalue weighted by Crippen LogP contribution is -3.00. The highest BCUT2D eigenvalue weighted by atomic mass is 127. The highest BCUT2D eigenvalue weighted by molar-refractivity contribution is 14.1. The van der Waals surface area contributed by atoms with Crippen LogP contribution >= 0.6 is 22.6 Å². The minimum atomic E-state index is -0.211. The van der Waals surface area contributed by atoms with Crippen molar-refractivity contribution in [1.29, 1.82) is 0 Å². The number of nitrogens with zero attached hydrogens (tertiary/aromatic N) is 5. The van der Waals surface area contributed by atoms with Crippen molar-refractivity contribution in [2.75, 3.05) is 97.4 Å². The predicted octanol–water partition coefficient (Wildman–Crippen LogP) is 20.7. The lowest BCUT2D eigenvalue weighted by molar-refractivity contribution is -0.909. The van der Waals surface area contributed by atoms with Crippen LogP contribution in [0.2, 0.25) is 0 Å². The summed E-state index contributed by atoms with van der Waals surface area (Å²) >= 11 is 2.15. The number of rotatable bonds is 36. The van der Waals surface area contributed by atoms with Gasteiger partial charge in [-0.3, -0.25) is 4.79 Å². The van der Waals surface area contributed by atoms with E-state index in [2.05, 4.69) is 146 Å². The van der Waals surface area contributed by atoms with Crippen LogP contribution < -0.4 is 48.7 Å². The number of likely N-dealkylation sites (tertiary alicyclic amines) is 2. The number of hydrogen-bond donors (Lipinski definition) is 1. The fraction of sp³-hybridized carbons (Fsp3) is 0.678. The molecule has 0 aromatic heterocycles. The van der Waals surface area contributed by atoms with E-state index in [9.17, 15) is 4.79 Å². The van der Waals surface area contributed by atoms with Gasteiger partial charge in [0.1, 0.15) is 23.0 Å². The molecule has 2 N–H and O–H groups in total. The number of hydrogen-bond acceptors (Lipinski definition) is 9. The maximum Gasteiger partial charge on any atom is 0.302 e. The summed E-state index contributed by atoms with van der Waals surface area (Å²) in [6.45, 7) is 16.2. The molecule has 8 saturated carbocycles. The summed E-state index contributed by atoms with van der Waals surface area (Å²) in [6.07, 6.45) is 44.3. The normalized spacial score (nSPS) is 22.2. The van der Waals surface area contributed by atoms with E-state index in [-0.39, 0.29) is 44.8 Å². The van der Waals surface area contributed by atoms with Gasteiger partial charge in [-0.05, 0) is 340 Å². The third-order valence-corrected chi connectivity index (χ3v) is 23.7. The van der Waals surface area contributed by atoms with Gasteiger partial charge in [-0.2, -0.15) is 0 Å². The number of quaternary nitrogens is 1. The van der Waals surface area contributed by atoms with Gasteiger partial charge in [0.05, 0.1) is 59.7 Å². The average molecular weight is 1660 g/mol. The first kappa shape index (κ1) is 88.6. The second kappa shape index (κ2) is 49.7. The number of carbonyl (C=O) groups excluding carboxylic acids is 1. The van der Waals surface area contributed by atoms with Crippen molar-refractivity contribution in [2.24, 2.45) is 58.2 Å². The standard InChI is InChI=1S/C42H63N2O2.C41H58N4O2.C4H8O2.CH3I.2CH4.HI/c1-44(23-9-3-4-10-24-44)25-11-5-7-13-27-46-40-20-16-36(17-21-40)41(42-37-29-33-28-34(31-37)32-38(42)30-33)35-14-18-39(19-15-35)45-26-12-6-2-8-22-43;42-44-43-21-7-1-5-11-25-46-38-17-13-34(14-18-38)40(41-36-28-32-27-33(30-36)31-37(41)29-32)35-15-19-39(20-16-35)47-26-12-6-4-10-24-45-22-8-2-3-9-23-45;1-3-6-4(2)5;1-2;;;/h14-21,33-34,37-38H,2-13,22-32,43H2,1H3;13-20,32-33,36-37H,1-12,21-31H2;3H2,1-2H3;1H3;2*1H4;1H/q+1;;;;;;/p-1. The summed E-state index contributed by atoms with van der Waals surface area (Å²) in [6, 6.07) is 36.1. The smallest absolute Gasteiger partial charge is 0.302 e. The number of ether oxygens (including phenoxy) is 5. The van der Waals surface area contributed by atoms with Gasteiger partial charge < -0.3 is 62.8 Å². The molecule has 4 aromatic carbocycles. The zero-order chi connectivity index (χ0) is 70.7. The Morgan fingerprint density at radius 3 is 1.13 bits per heavy atom. The Balaban J connectivity index is 0.000000288. The molecule has 14 heteroatoms. The number of benzene rings is 4. The molecule has 12 nitrogen and oxygen atoms in total. The Morgan fingerprint density at radius 2 is 0.808 bits per heavy atom. The molecule has 8 aliphatic carbocycles. The molecular formula is C90H140I2N6O6. The third-order valence-electron chi connectivity index (χ3n) is 23.7. The molecule has 580 valence electrons. The van der Waals surface area contributed by atoms with E-state index in [4.69, 9.17) is 30.2 Å². The van der Waals surface area contributed by atoms with Gasteiger partial charge in [0.15, 0.2) is 0 Å². The lowest BCUT2D eigenvalue weighted by Gasteiger charge is -2.52. The van der Waals surface area contributed by atoms with Gasteiger partial charge in [0.25, 0.3) is 0 Å². The van der Waals surface area contributed by atoms with Crippen LogP contribution in [0.25, 0.3) is 21.6 Å². The number of alkyl halides is 1. The second-order valence-corrected chi connectivity index (χ2v) is 31.5. The van der Waals surface area contributed by atoms with E-state index in [0.717, 1.165) is 155 Å². The van der Waals surface area contributed by atoms with Crippen LogP contribution in [0.5, 0.6) is 23.0 Å². The van der Waals surface area contributed by atoms with E-state index in [1.807, 2.05) is 4.93 Å². The third kappa shape index (κ3) is 28.9. The summed E-state index contributed by atoms with van der Waals surface area (Å²) in [5, 5.41) is 3.62. The number of nitrogens with two attached hydrogens (primary N) is 1. The van der Waals surface area contributed by atoms with Crippen LogP contribution in [0.15, 0.2) is 113 Å². The molecule has 10 fully saturated rings. The maximum atomic E-state index is 9.82. The van der Waals surface area contributed by atoms with Crippen LogP contribution in [0.1, 0.15) is 269 Å². The molecule has 2 heterocycles. The number of azide groups is 1. The number of carbonyl (C=O) groups is 1. The minimum absolute atomic E-state index is 0. The number of halogens is 2. The van der Waals surface area contributed by atoms with Crippen LogP contribution in [0.4, 0.5) is 0 Å². The SMILES string of the molecule is C.C.CCOC(C)=O.CI.C[N+]1(CCCCCCOc2ccc(C(=C3C4CC5CC(C4)CC3C5)c3ccc(OCCCCCCN)cc3)cc2)CCCCCC1.[I-].[N-]=[N+]=NCCCCCCOc1ccc(C(=C2C3CC4CC(C3)CC2C4)c2ccc(OCCCCCCN3CCCCCC3)cc2)cc1. The molecule has 0 unspecified atom stereocenters. The Morgan fingerprint density at radius 1 is 0.481 bits per heavy atom. The van der Waals surface area contributed by atoms with Gasteiger partial charge in [0.2, 0.25) is 0 Å². The van der Waals surface area contributed by atoms with E-state index < -0.39 is 0 Å². The molecule has 14 rings (SSSR count). The average Bonchev–Trinajstić information content (AvgIpc) is 0.791. The molecule has 0 spiro atoms. The van der Waals surface area contributed by atoms with Gasteiger partial charge in [-0.25, -0.2) is 0 Å². The molecule has 0 radical (unpaired) electrons. The first-order chi connectivity index (χ1) is 49.6. The maximum absolute atomic E-state index is 9.82. The zero-order valence-corrected chi connectivity index (χ0v) is 67.9. The van der Waals surface area contributed by atoms with E-state index in [1.54, 1.807) is 18.1 Å². The first-order valence-corrected chi connectivity index (χ1v) is 43.0. The lowest BCUT2D eigenvalue weighted by atomic mass is 9.53. The molecule has 104 heavy (non-hydrogen) atoms. The predicted molar refractivity (Wildman–Crippen MR) is 441 cm³/mol. The van der Waals surface area contributed by atoms with Crippen molar-refractivity contribution >= 4 is 39.7 Å². The van der Waals surface area contributed by atoms with Crippen molar-refractivity contribution in [3.8, 4) is 23.0 Å². The Bertz CT molecular complexity index is 3040. The molecule has 0 amide bonds. The summed E-state index contributed by atoms with van der Waals surface area (Å²) < 4.78 is 30.4. The van der Waals surface area contributed by atoms with Crippen LogP contribution in [-0.2, 0) is 9.53 Å². The monoisotopic (exact) mass is 1650 g/mol. The van der Waals surface area contributed by atoms with Crippen LogP contribution in [-0.4, -0.2) is 113 Å². The second-order valence-electron chi connectivity index (χ2n) is 31.5. The van der Waals surface area contributed by atoms with Crippen molar-refractivity contribution in [3.63, 3.8) is 0 Å². The van der Waals surface area contributed by atoms with Gasteiger partial charge in [0, 0.05) is 18.4 Å². The quantitative estimate of drug-likeness (QED) is 0.00694. The van der Waals surface area contributed by atoms with Crippen molar-refractivity contribution < 1.29 is 56.9 Å². The van der Waals surface area contributed by atoms with Crippen LogP contribution in [0, 0.1) is 47.3 Å². The Labute approximate surface area is 663 Å². The van der Waals surface area contributed by atoms with Crippen molar-refractivity contribution in [2.45, 2.75) is 247 Å². The molecule has 2 saturated heterocycles. The highest BCUT2D eigenvalue weighted by Gasteiger charge is 2.48. The number of allylic oxidation sites excluding steroid dienone is 2. The number of unbranched alkanes of at least 4 members (excludes halogenated alkanes) is 12. The summed E-state index contributed by atoms with van der Waals surface area (Å²) in [4.78, 5) is 17.3. The minimum Gasteiger partial charge on any atom is -1.00 e. The van der Waals surface area contributed by atoms with Crippen LogP contribution in [0.3, 0.4) is 0 Å². The molecular weight excluding hydrogens is 1510 g/mol. The Hall–Kier alpha value is -4.32. The van der Waals surface area contributed by atoms with E-state index in [0.29, 0.717) is 13.2 Å². The van der Waals surface area contributed by atoms with Gasteiger partial charge in [-0.15, -0.1) is 0 Å². The highest BCUT2D eigenvalue weighted by Crippen LogP contribution is 2.60. The molecule has 8 bridgehead atoms. The van der Waals surface area contributed by atoms with Crippen molar-refractivity contribution in [1.82, 2.24) is 4.90 Å². The zero-order valence-electron chi connectivity index (χ0n) is 63.6. The van der Waals surface area contributed by atoms with Gasteiger partial charge >= 0.3 is 5.97 Å².